The Morgan fingerprint density at radius 2 is 2.13 bits per heavy atom. The number of aliphatic hydroxyl groups is 1. The first kappa shape index (κ1) is 16.4. The Bertz CT molecular complexity index is 557. The first-order chi connectivity index (χ1) is 10.8. The third-order valence-electron chi connectivity index (χ3n) is 6.92. The van der Waals surface area contributed by atoms with Crippen LogP contribution in [0, 0.1) is 34.5 Å². The zero-order valence-electron chi connectivity index (χ0n) is 13.8. The molecule has 0 radical (unpaired) electrons. The number of hydrogen-bond donors (Lipinski definition) is 1. The van der Waals surface area contributed by atoms with Gasteiger partial charge in [0.15, 0.2) is 0 Å². The zero-order valence-corrected chi connectivity index (χ0v) is 13.8. The lowest BCUT2D eigenvalue weighted by atomic mass is 9.43. The lowest BCUT2D eigenvalue weighted by molar-refractivity contribution is -0.192. The van der Waals surface area contributed by atoms with Crippen molar-refractivity contribution in [3.8, 4) is 0 Å². The molecule has 0 aromatic carbocycles. The van der Waals surface area contributed by atoms with E-state index >= 15 is 0 Å². The molecular weight excluding hydrogens is 300 g/mol. The molecule has 6 atom stereocenters. The molecule has 0 aromatic heterocycles. The van der Waals surface area contributed by atoms with E-state index in [1.165, 1.54) is 7.11 Å². The van der Waals surface area contributed by atoms with Crippen molar-refractivity contribution in [2.45, 2.75) is 33.1 Å². The van der Waals surface area contributed by atoms with Gasteiger partial charge < -0.3 is 14.6 Å². The Morgan fingerprint density at radius 3 is 2.74 bits per heavy atom. The molecule has 3 fully saturated rings. The summed E-state index contributed by atoms with van der Waals surface area (Å²) in [4.78, 5) is 37.4. The van der Waals surface area contributed by atoms with Crippen LogP contribution in [0.5, 0.6) is 0 Å². The fraction of sp³-hybridized carbons (Fsp3) is 0.824. The van der Waals surface area contributed by atoms with Crippen molar-refractivity contribution in [1.29, 1.82) is 0 Å². The molecule has 1 saturated heterocycles. The largest absolute Gasteiger partial charge is 0.469 e. The second-order valence-corrected chi connectivity index (χ2v) is 7.57. The van der Waals surface area contributed by atoms with E-state index in [4.69, 9.17) is 9.47 Å². The van der Waals surface area contributed by atoms with Crippen molar-refractivity contribution in [3.63, 3.8) is 0 Å². The van der Waals surface area contributed by atoms with E-state index < -0.39 is 28.6 Å². The minimum absolute atomic E-state index is 0.0801. The Morgan fingerprint density at radius 1 is 1.43 bits per heavy atom. The van der Waals surface area contributed by atoms with Crippen LogP contribution in [0.1, 0.15) is 33.1 Å². The number of aliphatic hydroxyl groups excluding tert-OH is 1. The second-order valence-electron chi connectivity index (χ2n) is 7.57. The van der Waals surface area contributed by atoms with Crippen LogP contribution in [-0.4, -0.2) is 43.2 Å². The normalized spacial score (nSPS) is 45.9. The molecule has 0 unspecified atom stereocenters. The quantitative estimate of drug-likeness (QED) is 0.601. The minimum Gasteiger partial charge on any atom is -0.469 e. The highest BCUT2D eigenvalue weighted by Crippen LogP contribution is 2.63. The number of carbonyl (C=O) groups is 3. The summed E-state index contributed by atoms with van der Waals surface area (Å²) in [6.45, 7) is 3.96. The first-order valence-electron chi connectivity index (χ1n) is 8.21. The van der Waals surface area contributed by atoms with E-state index in [0.717, 1.165) is 6.42 Å². The van der Waals surface area contributed by atoms with Gasteiger partial charge in [0, 0.05) is 18.9 Å². The Labute approximate surface area is 135 Å². The smallest absolute Gasteiger partial charge is 0.316 e. The molecule has 23 heavy (non-hydrogen) atoms. The van der Waals surface area contributed by atoms with Gasteiger partial charge >= 0.3 is 11.9 Å². The van der Waals surface area contributed by atoms with Crippen molar-refractivity contribution < 1.29 is 29.0 Å². The van der Waals surface area contributed by atoms with Crippen LogP contribution >= 0.6 is 0 Å². The van der Waals surface area contributed by atoms with Gasteiger partial charge in [0.25, 0.3) is 0 Å². The number of rotatable bonds is 2. The fourth-order valence-electron chi connectivity index (χ4n) is 5.25. The number of esters is 2. The molecule has 6 nitrogen and oxygen atoms in total. The third-order valence-corrected chi connectivity index (χ3v) is 6.92. The average Bonchev–Trinajstić information content (AvgIpc) is 2.94. The molecule has 0 bridgehead atoms. The molecule has 0 aromatic rings. The average molecular weight is 324 g/mol. The van der Waals surface area contributed by atoms with E-state index in [-0.39, 0.29) is 43.2 Å². The predicted octanol–water partition coefficient (Wildman–Crippen LogP) is 0.952. The third kappa shape index (κ3) is 1.93. The molecule has 0 spiro atoms. The van der Waals surface area contributed by atoms with Gasteiger partial charge in [-0.05, 0) is 30.1 Å². The fourth-order valence-corrected chi connectivity index (χ4v) is 5.25. The maximum atomic E-state index is 12.8. The summed E-state index contributed by atoms with van der Waals surface area (Å²) in [7, 11) is 1.34. The van der Waals surface area contributed by atoms with Crippen LogP contribution in [-0.2, 0) is 23.9 Å². The zero-order chi connectivity index (χ0) is 17.0. The van der Waals surface area contributed by atoms with Crippen LogP contribution in [0.25, 0.3) is 0 Å². The lowest BCUT2D eigenvalue weighted by Gasteiger charge is -2.58. The molecule has 1 aliphatic heterocycles. The minimum atomic E-state index is -0.927. The van der Waals surface area contributed by atoms with Crippen LogP contribution in [0.3, 0.4) is 0 Å². The number of Topliss-reactive ketones (excluding diaryl/α,β-unsaturated/α-hetero) is 1. The Kier molecular flexibility index (Phi) is 3.78. The number of ketones is 1. The van der Waals surface area contributed by atoms with Crippen molar-refractivity contribution >= 4 is 17.7 Å². The Balaban J connectivity index is 2.15. The number of cyclic esters (lactones) is 1. The molecule has 3 aliphatic rings. The van der Waals surface area contributed by atoms with Gasteiger partial charge in [0.1, 0.15) is 11.7 Å². The summed E-state index contributed by atoms with van der Waals surface area (Å²) < 4.78 is 10.2. The van der Waals surface area contributed by atoms with Gasteiger partial charge in [0.2, 0.25) is 0 Å². The maximum absolute atomic E-state index is 12.8. The van der Waals surface area contributed by atoms with Crippen molar-refractivity contribution in [1.82, 2.24) is 0 Å². The van der Waals surface area contributed by atoms with Crippen molar-refractivity contribution in [3.05, 3.63) is 0 Å². The van der Waals surface area contributed by atoms with Crippen LogP contribution in [0.2, 0.25) is 0 Å². The maximum Gasteiger partial charge on any atom is 0.316 e. The molecule has 2 saturated carbocycles. The van der Waals surface area contributed by atoms with Gasteiger partial charge in [-0.2, -0.15) is 0 Å². The topological polar surface area (TPSA) is 89.9 Å². The summed E-state index contributed by atoms with van der Waals surface area (Å²) in [6.07, 6.45) is 1.42. The standard InChI is InChI=1S/C17H24O6/c1-9-4-5-17(15(21)22-3)10-7-23-14(20)13(10)11(19)6-12(17)16(9,2)8-18/h9-10,12-13,18H,4-8H2,1-3H3/t9-,10+,12-,13-,16-,17+/m0/s1. The van der Waals surface area contributed by atoms with Crippen LogP contribution in [0.15, 0.2) is 0 Å². The number of fused-ring (bicyclic) bond motifs is 3. The van der Waals surface area contributed by atoms with E-state index in [1.54, 1.807) is 0 Å². The van der Waals surface area contributed by atoms with Gasteiger partial charge in [-0.1, -0.05) is 13.8 Å². The van der Waals surface area contributed by atoms with Crippen LogP contribution in [0.4, 0.5) is 0 Å². The van der Waals surface area contributed by atoms with Crippen molar-refractivity contribution in [2.24, 2.45) is 34.5 Å². The summed E-state index contributed by atoms with van der Waals surface area (Å²) >= 11 is 0. The monoisotopic (exact) mass is 324 g/mol. The summed E-state index contributed by atoms with van der Waals surface area (Å²) in [6, 6.07) is 0. The molecule has 1 N–H and O–H groups in total. The van der Waals surface area contributed by atoms with Crippen molar-refractivity contribution in [2.75, 3.05) is 20.3 Å². The highest BCUT2D eigenvalue weighted by molar-refractivity contribution is 6.03. The molecule has 3 rings (SSSR count). The van der Waals surface area contributed by atoms with Gasteiger partial charge in [0.05, 0.1) is 19.1 Å². The van der Waals surface area contributed by atoms with Gasteiger partial charge in [-0.3, -0.25) is 14.4 Å². The first-order valence-corrected chi connectivity index (χ1v) is 8.21. The van der Waals surface area contributed by atoms with Gasteiger partial charge in [-0.15, -0.1) is 0 Å². The molecule has 1 heterocycles. The summed E-state index contributed by atoms with van der Waals surface area (Å²) in [5.41, 5.74) is -1.48. The van der Waals surface area contributed by atoms with E-state index in [0.29, 0.717) is 6.42 Å². The highest BCUT2D eigenvalue weighted by atomic mass is 16.5. The molecule has 0 amide bonds. The molecule has 6 heteroatoms. The van der Waals surface area contributed by atoms with Gasteiger partial charge in [-0.25, -0.2) is 0 Å². The van der Waals surface area contributed by atoms with Crippen LogP contribution < -0.4 is 0 Å². The molecule has 128 valence electrons. The predicted molar refractivity (Wildman–Crippen MR) is 79.1 cm³/mol. The SMILES string of the molecule is COC(=O)[C@@]12CC[C@H](C)[C@](C)(CO)[C@@H]1CC(=O)[C@H]1C(=O)OC[C@H]12. The number of hydrogen-bond acceptors (Lipinski definition) is 6. The van der Waals surface area contributed by atoms with E-state index in [9.17, 15) is 19.5 Å². The number of carbonyl (C=O) groups excluding carboxylic acids is 3. The number of ether oxygens (including phenoxy) is 2. The van der Waals surface area contributed by atoms with E-state index in [1.807, 2.05) is 13.8 Å². The highest BCUT2D eigenvalue weighted by Gasteiger charge is 2.69. The Hall–Kier alpha value is -1.43. The second kappa shape index (κ2) is 5.30. The molecule has 2 aliphatic carbocycles. The number of methoxy groups -OCH3 is 1. The lowest BCUT2D eigenvalue weighted by Crippen LogP contribution is -2.63. The summed E-state index contributed by atoms with van der Waals surface area (Å²) in [5.74, 6) is -2.57. The van der Waals surface area contributed by atoms with E-state index in [2.05, 4.69) is 0 Å². The molecular formula is C17H24O6. The summed E-state index contributed by atoms with van der Waals surface area (Å²) in [5, 5.41) is 10.0.